The lowest BCUT2D eigenvalue weighted by Gasteiger charge is -2.17. The van der Waals surface area contributed by atoms with Gasteiger partial charge in [-0.1, -0.05) is 80.2 Å². The highest BCUT2D eigenvalue weighted by Gasteiger charge is 2.20. The van der Waals surface area contributed by atoms with Gasteiger partial charge in [-0.15, -0.1) is 0 Å². The molecule has 0 aliphatic heterocycles. The molecule has 1 atom stereocenters. The second-order valence-electron chi connectivity index (χ2n) is 7.65. The summed E-state index contributed by atoms with van der Waals surface area (Å²) >= 11 is 3.62. The molecule has 1 amide bonds. The van der Waals surface area contributed by atoms with E-state index in [1.807, 2.05) is 79.7 Å². The van der Waals surface area contributed by atoms with E-state index in [-0.39, 0.29) is 5.91 Å². The third-order valence-corrected chi connectivity index (χ3v) is 6.23. The average molecular weight is 517 g/mol. The first-order valence-electron chi connectivity index (χ1n) is 11.0. The maximum Gasteiger partial charge on any atom is 0.281 e. The predicted molar refractivity (Wildman–Crippen MR) is 142 cm³/mol. The first-order chi connectivity index (χ1) is 16.6. The third-order valence-electron chi connectivity index (χ3n) is 5.42. The maximum absolute atomic E-state index is 12.9. The monoisotopic (exact) mass is 516 g/mol. The van der Waals surface area contributed by atoms with E-state index in [4.69, 9.17) is 9.47 Å². The van der Waals surface area contributed by atoms with Crippen LogP contribution in [0.4, 0.5) is 0 Å². The minimum Gasteiger partial charge on any atom is -0.489 e. The molecule has 1 N–H and O–H groups in total. The number of amides is 1. The Morgan fingerprint density at radius 2 is 1.65 bits per heavy atom. The van der Waals surface area contributed by atoms with E-state index < -0.39 is 6.10 Å². The molecule has 4 rings (SSSR count). The number of hydrogen-bond donors (Lipinski definition) is 1. The minimum absolute atomic E-state index is 0.326. The molecule has 0 aliphatic carbocycles. The second kappa shape index (κ2) is 11.0. The Labute approximate surface area is 207 Å². The van der Waals surface area contributed by atoms with E-state index >= 15 is 0 Å². The van der Waals surface area contributed by atoms with Gasteiger partial charge in [0.05, 0.1) is 10.7 Å². The molecule has 0 unspecified atom stereocenters. The first kappa shape index (κ1) is 23.5. The van der Waals surface area contributed by atoms with Gasteiger partial charge in [-0.05, 0) is 56.0 Å². The quantitative estimate of drug-likeness (QED) is 0.154. The lowest BCUT2D eigenvalue weighted by molar-refractivity contribution is -0.128. The number of nitrogens with zero attached hydrogens (tertiary/aromatic N) is 1. The molecule has 34 heavy (non-hydrogen) atoms. The van der Waals surface area contributed by atoms with Crippen LogP contribution in [-0.2, 0) is 4.79 Å². The van der Waals surface area contributed by atoms with Gasteiger partial charge in [0.2, 0.25) is 0 Å². The van der Waals surface area contributed by atoms with Gasteiger partial charge in [0.25, 0.3) is 5.91 Å². The number of halogens is 1. The Kier molecular flexibility index (Phi) is 7.60. The zero-order valence-electron chi connectivity index (χ0n) is 18.8. The largest absolute Gasteiger partial charge is 0.489 e. The number of benzene rings is 4. The number of hydrazone groups is 1. The van der Waals surface area contributed by atoms with Crippen LogP contribution in [0, 0.1) is 0 Å². The molecule has 0 spiro atoms. The fourth-order valence-electron chi connectivity index (χ4n) is 3.70. The summed E-state index contributed by atoms with van der Waals surface area (Å²) < 4.78 is 12.7. The SMILES string of the molecule is C=CCOc1ccc2ccccc2c1C=NNC(=O)[C@@H](CC)Oc1ccc2ccccc2c1Br. The van der Waals surface area contributed by atoms with Crippen LogP contribution in [0.15, 0.2) is 95.0 Å². The zero-order valence-corrected chi connectivity index (χ0v) is 20.4. The predicted octanol–water partition coefficient (Wildman–Crippen LogP) is 6.63. The molecule has 172 valence electrons. The van der Waals surface area contributed by atoms with Crippen molar-refractivity contribution < 1.29 is 14.3 Å². The van der Waals surface area contributed by atoms with E-state index in [9.17, 15) is 4.79 Å². The van der Waals surface area contributed by atoms with Crippen LogP contribution in [0.5, 0.6) is 11.5 Å². The van der Waals surface area contributed by atoms with Gasteiger partial charge < -0.3 is 9.47 Å². The van der Waals surface area contributed by atoms with Crippen molar-refractivity contribution in [2.24, 2.45) is 5.10 Å². The number of ether oxygens (including phenoxy) is 2. The second-order valence-corrected chi connectivity index (χ2v) is 8.44. The molecular weight excluding hydrogens is 492 g/mol. The summed E-state index contributed by atoms with van der Waals surface area (Å²) in [6.07, 6.45) is 3.09. The van der Waals surface area contributed by atoms with E-state index in [0.29, 0.717) is 24.5 Å². The molecule has 5 nitrogen and oxygen atoms in total. The highest BCUT2D eigenvalue weighted by molar-refractivity contribution is 9.10. The summed E-state index contributed by atoms with van der Waals surface area (Å²) in [7, 11) is 0. The molecule has 0 aromatic heterocycles. The Bertz CT molecular complexity index is 1370. The van der Waals surface area contributed by atoms with Crippen LogP contribution in [0.3, 0.4) is 0 Å². The summed E-state index contributed by atoms with van der Waals surface area (Å²) in [6.45, 7) is 5.98. The molecule has 6 heteroatoms. The molecule has 0 saturated heterocycles. The number of nitrogens with one attached hydrogen (secondary N) is 1. The van der Waals surface area contributed by atoms with E-state index in [1.165, 1.54) is 0 Å². The zero-order chi connectivity index (χ0) is 23.9. The van der Waals surface area contributed by atoms with Gasteiger partial charge in [-0.25, -0.2) is 5.43 Å². The molecule has 4 aromatic rings. The van der Waals surface area contributed by atoms with Crippen LogP contribution in [0.25, 0.3) is 21.5 Å². The van der Waals surface area contributed by atoms with Gasteiger partial charge in [0, 0.05) is 5.56 Å². The number of carbonyl (C=O) groups excluding carboxylic acids is 1. The highest BCUT2D eigenvalue weighted by Crippen LogP contribution is 2.34. The molecule has 0 heterocycles. The summed E-state index contributed by atoms with van der Waals surface area (Å²) in [5.41, 5.74) is 3.41. The van der Waals surface area contributed by atoms with E-state index in [1.54, 1.807) is 12.3 Å². The standard InChI is InChI=1S/C28H25BrN2O3/c1-3-17-33-25-15-13-19-9-5-7-11-21(19)23(25)18-30-31-28(32)24(4-2)34-26-16-14-20-10-6-8-12-22(20)27(26)29/h3,5-16,18,24H,1,4,17H2,2H3,(H,31,32)/t24-/m1/s1. The smallest absolute Gasteiger partial charge is 0.281 e. The van der Waals surface area contributed by atoms with Crippen LogP contribution in [-0.4, -0.2) is 24.8 Å². The fraction of sp³-hybridized carbons (Fsp3) is 0.143. The van der Waals surface area contributed by atoms with Gasteiger partial charge in [0.1, 0.15) is 18.1 Å². The van der Waals surface area contributed by atoms with Crippen molar-refractivity contribution in [1.82, 2.24) is 5.43 Å². The van der Waals surface area contributed by atoms with E-state index in [0.717, 1.165) is 31.6 Å². The lowest BCUT2D eigenvalue weighted by atomic mass is 10.0. The van der Waals surface area contributed by atoms with Crippen molar-refractivity contribution in [3.8, 4) is 11.5 Å². The first-order valence-corrected chi connectivity index (χ1v) is 11.8. The average Bonchev–Trinajstić information content (AvgIpc) is 2.87. The Morgan fingerprint density at radius 1 is 1.00 bits per heavy atom. The summed E-state index contributed by atoms with van der Waals surface area (Å²) in [4.78, 5) is 12.9. The molecule has 0 bridgehead atoms. The van der Waals surface area contributed by atoms with Gasteiger partial charge in [0.15, 0.2) is 6.10 Å². The van der Waals surface area contributed by atoms with Crippen LogP contribution in [0.2, 0.25) is 0 Å². The highest BCUT2D eigenvalue weighted by atomic mass is 79.9. The van der Waals surface area contributed by atoms with Crippen molar-refractivity contribution in [2.45, 2.75) is 19.4 Å². The topological polar surface area (TPSA) is 59.9 Å². The third kappa shape index (κ3) is 5.13. The van der Waals surface area contributed by atoms with Crippen molar-refractivity contribution in [3.63, 3.8) is 0 Å². The Hall–Kier alpha value is -3.64. The molecule has 0 aliphatic rings. The lowest BCUT2D eigenvalue weighted by Crippen LogP contribution is -2.35. The number of rotatable bonds is 9. The maximum atomic E-state index is 12.9. The molecule has 0 radical (unpaired) electrons. The summed E-state index contributed by atoms with van der Waals surface area (Å²) in [6, 6.07) is 23.7. The molecule has 4 aromatic carbocycles. The van der Waals surface area contributed by atoms with Crippen LogP contribution >= 0.6 is 15.9 Å². The van der Waals surface area contributed by atoms with Crippen molar-refractivity contribution in [3.05, 3.63) is 95.5 Å². The van der Waals surface area contributed by atoms with Crippen molar-refractivity contribution >= 4 is 49.6 Å². The van der Waals surface area contributed by atoms with Crippen LogP contribution in [0.1, 0.15) is 18.9 Å². The van der Waals surface area contributed by atoms with Gasteiger partial charge >= 0.3 is 0 Å². The van der Waals surface area contributed by atoms with Crippen molar-refractivity contribution in [2.75, 3.05) is 6.61 Å². The van der Waals surface area contributed by atoms with Crippen molar-refractivity contribution in [1.29, 1.82) is 0 Å². The van der Waals surface area contributed by atoms with Gasteiger partial charge in [-0.2, -0.15) is 5.10 Å². The summed E-state index contributed by atoms with van der Waals surface area (Å²) in [5, 5.41) is 8.37. The number of fused-ring (bicyclic) bond motifs is 2. The fourth-order valence-corrected chi connectivity index (χ4v) is 4.28. The normalized spacial score (nSPS) is 12.1. The van der Waals surface area contributed by atoms with Crippen LogP contribution < -0.4 is 14.9 Å². The van der Waals surface area contributed by atoms with Gasteiger partial charge in [-0.3, -0.25) is 4.79 Å². The Morgan fingerprint density at radius 3 is 2.35 bits per heavy atom. The minimum atomic E-state index is -0.696. The van der Waals surface area contributed by atoms with E-state index in [2.05, 4.69) is 33.0 Å². The number of hydrogen-bond acceptors (Lipinski definition) is 4. The molecule has 0 saturated carbocycles. The Balaban J connectivity index is 1.52. The number of carbonyl (C=O) groups is 1. The molecule has 0 fully saturated rings. The molecular formula is C28H25BrN2O3. The summed E-state index contributed by atoms with van der Waals surface area (Å²) in [5.74, 6) is 0.950.